The molecule has 5 heteroatoms. The number of benzene rings is 1. The van der Waals surface area contributed by atoms with E-state index >= 15 is 0 Å². The Hall–Kier alpha value is -1.04. The standard InChI is InChI=1S/C16H25F2N3/c1-13(10-19)11-20-5-2-6-21(8-7-20)12-14-9-15(17)3-4-16(14)18/h3-4,9,13H,2,5-8,10-12,19H2,1H3. The van der Waals surface area contributed by atoms with Crippen molar-refractivity contribution in [3.63, 3.8) is 0 Å². The smallest absolute Gasteiger partial charge is 0.127 e. The van der Waals surface area contributed by atoms with Crippen LogP contribution in [-0.2, 0) is 6.54 Å². The molecule has 1 aromatic rings. The minimum absolute atomic E-state index is 0.325. The van der Waals surface area contributed by atoms with Crippen LogP contribution >= 0.6 is 0 Å². The van der Waals surface area contributed by atoms with E-state index in [-0.39, 0.29) is 11.6 Å². The van der Waals surface area contributed by atoms with E-state index in [1.165, 1.54) is 12.1 Å². The summed E-state index contributed by atoms with van der Waals surface area (Å²) in [6.45, 7) is 8.16. The maximum atomic E-state index is 13.7. The van der Waals surface area contributed by atoms with Gasteiger partial charge in [0.2, 0.25) is 0 Å². The van der Waals surface area contributed by atoms with Crippen molar-refractivity contribution >= 4 is 0 Å². The van der Waals surface area contributed by atoms with Gasteiger partial charge in [0.15, 0.2) is 0 Å². The second-order valence-corrected chi connectivity index (χ2v) is 6.01. The molecule has 1 aliphatic heterocycles. The molecule has 2 N–H and O–H groups in total. The van der Waals surface area contributed by atoms with Gasteiger partial charge in [-0.05, 0) is 50.2 Å². The second kappa shape index (κ2) is 7.82. The first-order valence-electron chi connectivity index (χ1n) is 7.67. The van der Waals surface area contributed by atoms with Gasteiger partial charge in [0, 0.05) is 31.7 Å². The van der Waals surface area contributed by atoms with Crippen LogP contribution in [0.1, 0.15) is 18.9 Å². The van der Waals surface area contributed by atoms with Crippen molar-refractivity contribution in [1.82, 2.24) is 9.80 Å². The van der Waals surface area contributed by atoms with E-state index in [9.17, 15) is 8.78 Å². The number of hydrogen-bond donors (Lipinski definition) is 1. The molecule has 1 atom stereocenters. The topological polar surface area (TPSA) is 32.5 Å². The van der Waals surface area contributed by atoms with Crippen molar-refractivity contribution in [3.8, 4) is 0 Å². The molecule has 3 nitrogen and oxygen atoms in total. The zero-order valence-electron chi connectivity index (χ0n) is 12.7. The molecule has 0 radical (unpaired) electrons. The molecule has 1 aromatic carbocycles. The first kappa shape index (κ1) is 16.3. The maximum Gasteiger partial charge on any atom is 0.127 e. The SMILES string of the molecule is CC(CN)CN1CCCN(Cc2cc(F)ccc2F)CC1. The number of nitrogens with two attached hydrogens (primary N) is 1. The van der Waals surface area contributed by atoms with Gasteiger partial charge < -0.3 is 10.6 Å². The highest BCUT2D eigenvalue weighted by Gasteiger charge is 2.17. The highest BCUT2D eigenvalue weighted by atomic mass is 19.1. The van der Waals surface area contributed by atoms with Gasteiger partial charge in [-0.3, -0.25) is 4.90 Å². The van der Waals surface area contributed by atoms with Gasteiger partial charge in [-0.15, -0.1) is 0 Å². The molecule has 0 bridgehead atoms. The number of halogens is 2. The summed E-state index contributed by atoms with van der Waals surface area (Å²) >= 11 is 0. The Labute approximate surface area is 125 Å². The van der Waals surface area contributed by atoms with E-state index in [0.29, 0.717) is 24.6 Å². The van der Waals surface area contributed by atoms with Crippen LogP contribution in [0.5, 0.6) is 0 Å². The summed E-state index contributed by atoms with van der Waals surface area (Å²) in [6, 6.07) is 3.67. The highest BCUT2D eigenvalue weighted by Crippen LogP contribution is 2.14. The van der Waals surface area contributed by atoms with E-state index in [4.69, 9.17) is 5.73 Å². The normalized spacial score (nSPS) is 19.4. The lowest BCUT2D eigenvalue weighted by Crippen LogP contribution is -2.35. The largest absolute Gasteiger partial charge is 0.330 e. The third-order valence-corrected chi connectivity index (χ3v) is 4.06. The number of nitrogens with zero attached hydrogens (tertiary/aromatic N) is 2. The van der Waals surface area contributed by atoms with E-state index in [1.807, 2.05) is 0 Å². The molecule has 0 saturated carbocycles. The van der Waals surface area contributed by atoms with Crippen molar-refractivity contribution in [2.45, 2.75) is 19.9 Å². The minimum atomic E-state index is -0.375. The summed E-state index contributed by atoms with van der Waals surface area (Å²) in [7, 11) is 0. The van der Waals surface area contributed by atoms with E-state index in [2.05, 4.69) is 16.7 Å². The Kier molecular flexibility index (Phi) is 6.08. The van der Waals surface area contributed by atoms with Crippen LogP contribution in [-0.4, -0.2) is 49.1 Å². The molecule has 21 heavy (non-hydrogen) atoms. The lowest BCUT2D eigenvalue weighted by Gasteiger charge is -2.24. The third-order valence-electron chi connectivity index (χ3n) is 4.06. The predicted molar refractivity (Wildman–Crippen MR) is 80.9 cm³/mol. The molecule has 1 fully saturated rings. The van der Waals surface area contributed by atoms with Crippen LogP contribution in [0.2, 0.25) is 0 Å². The zero-order chi connectivity index (χ0) is 15.2. The quantitative estimate of drug-likeness (QED) is 0.903. The first-order valence-corrected chi connectivity index (χ1v) is 7.67. The van der Waals surface area contributed by atoms with Crippen LogP contribution < -0.4 is 5.73 Å². The Balaban J connectivity index is 1.89. The van der Waals surface area contributed by atoms with Crippen molar-refractivity contribution < 1.29 is 8.78 Å². The molecule has 1 saturated heterocycles. The van der Waals surface area contributed by atoms with Gasteiger partial charge >= 0.3 is 0 Å². The molecule has 118 valence electrons. The minimum Gasteiger partial charge on any atom is -0.330 e. The summed E-state index contributed by atoms with van der Waals surface area (Å²) in [5.74, 6) is -0.203. The fourth-order valence-corrected chi connectivity index (χ4v) is 2.79. The molecular weight excluding hydrogens is 272 g/mol. The van der Waals surface area contributed by atoms with Crippen LogP contribution in [0.3, 0.4) is 0 Å². The van der Waals surface area contributed by atoms with Crippen LogP contribution in [0, 0.1) is 17.6 Å². The van der Waals surface area contributed by atoms with Gasteiger partial charge in [-0.1, -0.05) is 6.92 Å². The molecule has 1 aliphatic rings. The third kappa shape index (κ3) is 5.02. The van der Waals surface area contributed by atoms with Gasteiger partial charge in [0.25, 0.3) is 0 Å². The average Bonchev–Trinajstić information content (AvgIpc) is 2.68. The van der Waals surface area contributed by atoms with Crippen LogP contribution in [0.25, 0.3) is 0 Å². The molecule has 1 unspecified atom stereocenters. The molecule has 0 aliphatic carbocycles. The molecule has 0 spiro atoms. The molecule has 0 aromatic heterocycles. The fourth-order valence-electron chi connectivity index (χ4n) is 2.79. The Bertz CT molecular complexity index is 453. The Morgan fingerprint density at radius 1 is 1.14 bits per heavy atom. The van der Waals surface area contributed by atoms with Crippen molar-refractivity contribution in [1.29, 1.82) is 0 Å². The van der Waals surface area contributed by atoms with Crippen LogP contribution in [0.4, 0.5) is 8.78 Å². The van der Waals surface area contributed by atoms with Gasteiger partial charge in [0.1, 0.15) is 11.6 Å². The van der Waals surface area contributed by atoms with Gasteiger partial charge in [-0.25, -0.2) is 8.78 Å². The maximum absolute atomic E-state index is 13.7. The Morgan fingerprint density at radius 2 is 1.86 bits per heavy atom. The molecule has 1 heterocycles. The summed E-state index contributed by atoms with van der Waals surface area (Å²) in [6.07, 6.45) is 1.05. The molecule has 2 rings (SSSR count). The lowest BCUT2D eigenvalue weighted by atomic mass is 10.1. The van der Waals surface area contributed by atoms with E-state index in [1.54, 1.807) is 0 Å². The lowest BCUT2D eigenvalue weighted by molar-refractivity contribution is 0.230. The van der Waals surface area contributed by atoms with E-state index < -0.39 is 0 Å². The summed E-state index contributed by atoms with van der Waals surface area (Å²) < 4.78 is 26.9. The monoisotopic (exact) mass is 297 g/mol. The molecule has 0 amide bonds. The van der Waals surface area contributed by atoms with Crippen LogP contribution in [0.15, 0.2) is 18.2 Å². The van der Waals surface area contributed by atoms with Crippen molar-refractivity contribution in [3.05, 3.63) is 35.4 Å². The average molecular weight is 297 g/mol. The summed E-state index contributed by atoms with van der Waals surface area (Å²) in [5, 5.41) is 0. The van der Waals surface area contributed by atoms with E-state index in [0.717, 1.165) is 45.2 Å². The zero-order valence-corrected chi connectivity index (χ0v) is 12.7. The fraction of sp³-hybridized carbons (Fsp3) is 0.625. The van der Waals surface area contributed by atoms with Gasteiger partial charge in [-0.2, -0.15) is 0 Å². The highest BCUT2D eigenvalue weighted by molar-refractivity contribution is 5.18. The molecular formula is C16H25F2N3. The van der Waals surface area contributed by atoms with Crippen molar-refractivity contribution in [2.24, 2.45) is 11.7 Å². The second-order valence-electron chi connectivity index (χ2n) is 6.01. The summed E-state index contributed by atoms with van der Waals surface area (Å²) in [4.78, 5) is 4.62. The number of hydrogen-bond acceptors (Lipinski definition) is 3. The summed E-state index contributed by atoms with van der Waals surface area (Å²) in [5.41, 5.74) is 6.12. The predicted octanol–water partition coefficient (Wildman–Crippen LogP) is 2.07. The van der Waals surface area contributed by atoms with Crippen molar-refractivity contribution in [2.75, 3.05) is 39.3 Å². The van der Waals surface area contributed by atoms with Gasteiger partial charge in [0.05, 0.1) is 0 Å². The Morgan fingerprint density at radius 3 is 2.62 bits per heavy atom. The first-order chi connectivity index (χ1) is 10.1. The number of rotatable bonds is 5.